The molecule has 6 heteroatoms. The summed E-state index contributed by atoms with van der Waals surface area (Å²) in [6.45, 7) is 6.86. The number of piperidine rings is 1. The fourth-order valence-corrected chi connectivity index (χ4v) is 2.28. The molecule has 1 N–H and O–H groups in total. The van der Waals surface area contributed by atoms with Gasteiger partial charge in [-0.25, -0.2) is 4.39 Å². The van der Waals surface area contributed by atoms with E-state index in [9.17, 15) is 23.6 Å². The molecule has 2 atom stereocenters. The van der Waals surface area contributed by atoms with E-state index < -0.39 is 5.82 Å². The number of halogens is 1. The molecule has 1 aromatic carbocycles. The van der Waals surface area contributed by atoms with Gasteiger partial charge in [-0.15, -0.1) is 0 Å². The Labute approximate surface area is 147 Å². The molecular weight excluding hydrogens is 325 g/mol. The average Bonchev–Trinajstić information content (AvgIpc) is 2.57. The molecule has 0 aromatic heterocycles. The zero-order chi connectivity index (χ0) is 19.1. The van der Waals surface area contributed by atoms with E-state index in [4.69, 9.17) is 0 Å². The third-order valence-electron chi connectivity index (χ3n) is 4.20. The molecule has 0 spiro atoms. The highest BCUT2D eigenvalue weighted by Crippen LogP contribution is 2.18. The Bertz CT molecular complexity index is 684. The topological polar surface area (TPSA) is 80.3 Å². The van der Waals surface area contributed by atoms with Crippen LogP contribution in [0.2, 0.25) is 0 Å². The molecule has 2 rings (SSSR count). The second-order valence-corrected chi connectivity index (χ2v) is 6.27. The molecule has 1 aromatic rings. The fourth-order valence-electron chi connectivity index (χ4n) is 2.28. The largest absolute Gasteiger partial charge is 0.296 e. The van der Waals surface area contributed by atoms with Gasteiger partial charge in [0.05, 0.1) is 0 Å². The summed E-state index contributed by atoms with van der Waals surface area (Å²) in [5.74, 6) is -1.33. The van der Waals surface area contributed by atoms with Crippen molar-refractivity contribution in [3.8, 4) is 0 Å². The lowest BCUT2D eigenvalue weighted by molar-refractivity contribution is -0.135. The Morgan fingerprint density at radius 2 is 1.92 bits per heavy atom. The van der Waals surface area contributed by atoms with Crippen LogP contribution in [-0.4, -0.2) is 23.4 Å². The molecular formula is C19H24FNO4. The van der Waals surface area contributed by atoms with Gasteiger partial charge >= 0.3 is 0 Å². The minimum absolute atomic E-state index is 0.0164. The molecule has 1 fully saturated rings. The lowest BCUT2D eigenvalue weighted by Gasteiger charge is -2.15. The summed E-state index contributed by atoms with van der Waals surface area (Å²) in [5, 5.41) is 2.25. The number of hydrogen-bond acceptors (Lipinski definition) is 4. The van der Waals surface area contributed by atoms with Crippen LogP contribution in [0.25, 0.3) is 0 Å². The van der Waals surface area contributed by atoms with Crippen LogP contribution in [0.4, 0.5) is 4.39 Å². The predicted octanol–water partition coefficient (Wildman–Crippen LogP) is 3.32. The highest BCUT2D eigenvalue weighted by atomic mass is 19.1. The summed E-state index contributed by atoms with van der Waals surface area (Å²) in [6.07, 6.45) is 1.87. The van der Waals surface area contributed by atoms with Crippen LogP contribution in [0.5, 0.6) is 0 Å². The molecule has 2 amide bonds. The van der Waals surface area contributed by atoms with Crippen molar-refractivity contribution in [2.45, 2.75) is 47.0 Å². The van der Waals surface area contributed by atoms with Crippen LogP contribution >= 0.6 is 0 Å². The Hall–Kier alpha value is -2.37. The molecule has 1 heterocycles. The van der Waals surface area contributed by atoms with Gasteiger partial charge < -0.3 is 0 Å². The predicted molar refractivity (Wildman–Crippen MR) is 91.7 cm³/mol. The molecule has 1 aliphatic rings. The lowest BCUT2D eigenvalue weighted by Crippen LogP contribution is -2.39. The molecule has 25 heavy (non-hydrogen) atoms. The Kier molecular flexibility index (Phi) is 7.61. The first kappa shape index (κ1) is 20.7. The lowest BCUT2D eigenvalue weighted by atomic mass is 9.92. The standard InChI is InChI=1S/C13H15FO2.C6H9NO2/c1-4-8(2)13(16)12-7-10(14)5-6-11(12)9(3)15;1-4-2-3-5(8)7-6(4)9/h5-8H,4H2,1-3H3;4H,2-3H2,1H3,(H,7,8,9). The quantitative estimate of drug-likeness (QED) is 0.668. The molecule has 0 aliphatic carbocycles. The zero-order valence-electron chi connectivity index (χ0n) is 15.0. The summed E-state index contributed by atoms with van der Waals surface area (Å²) >= 11 is 0. The first-order chi connectivity index (χ1) is 11.7. The third kappa shape index (κ3) is 5.89. The van der Waals surface area contributed by atoms with Crippen molar-refractivity contribution in [1.29, 1.82) is 0 Å². The van der Waals surface area contributed by atoms with E-state index in [0.29, 0.717) is 24.8 Å². The van der Waals surface area contributed by atoms with Crippen LogP contribution in [0, 0.1) is 17.7 Å². The molecule has 1 saturated heterocycles. The minimum Gasteiger partial charge on any atom is -0.296 e. The first-order valence-corrected chi connectivity index (χ1v) is 8.35. The van der Waals surface area contributed by atoms with Crippen molar-refractivity contribution in [2.75, 3.05) is 0 Å². The SMILES string of the molecule is CC1CCC(=O)NC1=O.CCC(C)C(=O)c1cc(F)ccc1C(C)=O. The van der Waals surface area contributed by atoms with Crippen molar-refractivity contribution < 1.29 is 23.6 Å². The second-order valence-electron chi connectivity index (χ2n) is 6.27. The number of ketones is 2. The van der Waals surface area contributed by atoms with E-state index in [1.807, 2.05) is 13.8 Å². The molecule has 136 valence electrons. The second kappa shape index (κ2) is 9.20. The molecule has 0 bridgehead atoms. The maximum Gasteiger partial charge on any atom is 0.229 e. The maximum atomic E-state index is 13.1. The van der Waals surface area contributed by atoms with Gasteiger partial charge in [0.15, 0.2) is 11.6 Å². The number of imide groups is 1. The number of rotatable bonds is 4. The number of benzene rings is 1. The number of hydrogen-bond donors (Lipinski definition) is 1. The smallest absolute Gasteiger partial charge is 0.229 e. The molecule has 2 unspecified atom stereocenters. The maximum absolute atomic E-state index is 13.1. The van der Waals surface area contributed by atoms with Gasteiger partial charge in [-0.2, -0.15) is 0 Å². The van der Waals surface area contributed by atoms with Gasteiger partial charge in [0.2, 0.25) is 11.8 Å². The Morgan fingerprint density at radius 3 is 2.40 bits per heavy atom. The third-order valence-corrected chi connectivity index (χ3v) is 4.20. The highest BCUT2D eigenvalue weighted by molar-refractivity contribution is 6.08. The van der Waals surface area contributed by atoms with Crippen LogP contribution < -0.4 is 5.32 Å². The zero-order valence-corrected chi connectivity index (χ0v) is 15.0. The van der Waals surface area contributed by atoms with Gasteiger partial charge in [0.1, 0.15) is 5.82 Å². The van der Waals surface area contributed by atoms with Gasteiger partial charge in [-0.05, 0) is 38.0 Å². The van der Waals surface area contributed by atoms with E-state index in [1.165, 1.54) is 19.1 Å². The van der Waals surface area contributed by atoms with Crippen LogP contribution in [0.3, 0.4) is 0 Å². The van der Waals surface area contributed by atoms with E-state index in [-0.39, 0.29) is 40.8 Å². The van der Waals surface area contributed by atoms with Gasteiger partial charge in [-0.3, -0.25) is 24.5 Å². The van der Waals surface area contributed by atoms with Crippen LogP contribution in [-0.2, 0) is 9.59 Å². The monoisotopic (exact) mass is 349 g/mol. The van der Waals surface area contributed by atoms with E-state index in [2.05, 4.69) is 5.32 Å². The van der Waals surface area contributed by atoms with Crippen molar-refractivity contribution in [3.63, 3.8) is 0 Å². The molecule has 0 saturated carbocycles. The number of nitrogens with one attached hydrogen (secondary N) is 1. The summed E-state index contributed by atoms with van der Waals surface area (Å²) in [4.78, 5) is 44.4. The Morgan fingerprint density at radius 1 is 1.28 bits per heavy atom. The number of amides is 2. The van der Waals surface area contributed by atoms with Crippen molar-refractivity contribution in [3.05, 3.63) is 35.1 Å². The minimum atomic E-state index is -0.489. The number of Topliss-reactive ketones (excluding diaryl/α,β-unsaturated/α-hetero) is 2. The fraction of sp³-hybridized carbons (Fsp3) is 0.474. The van der Waals surface area contributed by atoms with Gasteiger partial charge in [0.25, 0.3) is 0 Å². The first-order valence-electron chi connectivity index (χ1n) is 8.35. The van der Waals surface area contributed by atoms with Crippen LogP contribution in [0.15, 0.2) is 18.2 Å². The summed E-state index contributed by atoms with van der Waals surface area (Å²) < 4.78 is 13.1. The van der Waals surface area contributed by atoms with Gasteiger partial charge in [0, 0.05) is 29.4 Å². The van der Waals surface area contributed by atoms with Crippen molar-refractivity contribution in [1.82, 2.24) is 5.32 Å². The van der Waals surface area contributed by atoms with Crippen LogP contribution in [0.1, 0.15) is 67.7 Å². The summed E-state index contributed by atoms with van der Waals surface area (Å²) in [5.41, 5.74) is 0.494. The number of carbonyl (C=O) groups excluding carboxylic acids is 4. The number of carbonyl (C=O) groups is 4. The van der Waals surface area contributed by atoms with Gasteiger partial charge in [-0.1, -0.05) is 20.8 Å². The molecule has 5 nitrogen and oxygen atoms in total. The summed E-state index contributed by atoms with van der Waals surface area (Å²) in [6, 6.07) is 3.71. The van der Waals surface area contributed by atoms with Crippen molar-refractivity contribution in [2.24, 2.45) is 11.8 Å². The Balaban J connectivity index is 0.000000293. The summed E-state index contributed by atoms with van der Waals surface area (Å²) in [7, 11) is 0. The van der Waals surface area contributed by atoms with E-state index in [1.54, 1.807) is 6.92 Å². The van der Waals surface area contributed by atoms with Crippen molar-refractivity contribution >= 4 is 23.4 Å². The van der Waals surface area contributed by atoms with E-state index in [0.717, 1.165) is 6.07 Å². The molecule has 0 radical (unpaired) electrons. The molecule has 1 aliphatic heterocycles. The van der Waals surface area contributed by atoms with E-state index >= 15 is 0 Å². The normalized spacial score (nSPS) is 17.9. The average molecular weight is 349 g/mol. The highest BCUT2D eigenvalue weighted by Gasteiger charge is 2.21.